The predicted octanol–water partition coefficient (Wildman–Crippen LogP) is -0.822. The van der Waals surface area contributed by atoms with E-state index in [2.05, 4.69) is 8.37 Å². The molecule has 0 N–H and O–H groups in total. The fourth-order valence-electron chi connectivity index (χ4n) is 0.752. The maximum Gasteiger partial charge on any atom is 0.403 e. The largest absolute Gasteiger partial charge is 0.403 e. The first-order valence-electron chi connectivity index (χ1n) is 3.49. The molecule has 0 saturated heterocycles. The van der Waals surface area contributed by atoms with Gasteiger partial charge in [-0.25, -0.2) is 13.3 Å². The Bertz CT molecular complexity index is 370. The maximum atomic E-state index is 10.7. The highest BCUT2D eigenvalue weighted by atomic mass is 32.3. The summed E-state index contributed by atoms with van der Waals surface area (Å²) in [5, 5.41) is 0. The minimum Gasteiger partial charge on any atom is -0.251 e. The monoisotopic (exact) mass is 207 g/mol. The van der Waals surface area contributed by atoms with Crippen molar-refractivity contribution in [3.05, 3.63) is 18.7 Å². The van der Waals surface area contributed by atoms with E-state index in [4.69, 9.17) is 0 Å². The second kappa shape index (κ2) is 3.86. The van der Waals surface area contributed by atoms with E-state index in [-0.39, 0.29) is 6.73 Å². The fraction of sp³-hybridized carbons (Fsp3) is 0.500. The second-order valence-electron chi connectivity index (χ2n) is 2.42. The molecule has 7 heteroatoms. The molecule has 0 aliphatic rings. The Morgan fingerprint density at radius 1 is 1.54 bits per heavy atom. The van der Waals surface area contributed by atoms with Crippen LogP contribution < -0.4 is 4.57 Å². The Morgan fingerprint density at radius 2 is 2.23 bits per heavy atom. The number of hydrogen-bond donors (Lipinski definition) is 0. The van der Waals surface area contributed by atoms with Gasteiger partial charge in [-0.1, -0.05) is 0 Å². The van der Waals surface area contributed by atoms with E-state index in [9.17, 15) is 8.42 Å². The lowest BCUT2D eigenvalue weighted by atomic mass is 10.9. The van der Waals surface area contributed by atoms with Crippen molar-refractivity contribution >= 4 is 10.4 Å². The molecule has 0 aliphatic heterocycles. The van der Waals surface area contributed by atoms with E-state index in [1.807, 2.05) is 7.05 Å². The highest BCUT2D eigenvalue weighted by Crippen LogP contribution is 1.95. The van der Waals surface area contributed by atoms with Gasteiger partial charge in [0, 0.05) is 0 Å². The second-order valence-corrected chi connectivity index (χ2v) is 3.80. The number of rotatable bonds is 4. The summed E-state index contributed by atoms with van der Waals surface area (Å²) in [4.78, 5) is 0. The molecule has 0 atom stereocenters. The van der Waals surface area contributed by atoms with E-state index in [1.165, 1.54) is 0 Å². The van der Waals surface area contributed by atoms with E-state index < -0.39 is 10.4 Å². The number of aryl methyl sites for hydroxylation is 1. The van der Waals surface area contributed by atoms with Crippen molar-refractivity contribution in [3.8, 4) is 0 Å². The van der Waals surface area contributed by atoms with Crippen LogP contribution in [0.25, 0.3) is 0 Å². The summed E-state index contributed by atoms with van der Waals surface area (Å²) in [6.07, 6.45) is 5.14. The number of hydrogen-bond acceptors (Lipinski definition) is 4. The molecule has 0 amide bonds. The average Bonchev–Trinajstić information content (AvgIpc) is 2.48. The highest BCUT2D eigenvalue weighted by molar-refractivity contribution is 7.81. The predicted molar refractivity (Wildman–Crippen MR) is 42.6 cm³/mol. The average molecular weight is 207 g/mol. The smallest absolute Gasteiger partial charge is 0.251 e. The van der Waals surface area contributed by atoms with Crippen molar-refractivity contribution in [2.75, 3.05) is 7.11 Å². The molecule has 1 heterocycles. The lowest BCUT2D eigenvalue weighted by Gasteiger charge is -1.98. The summed E-state index contributed by atoms with van der Waals surface area (Å²) < 4.78 is 33.3. The first-order chi connectivity index (χ1) is 6.03. The summed E-state index contributed by atoms with van der Waals surface area (Å²) in [7, 11) is -0.971. The summed E-state index contributed by atoms with van der Waals surface area (Å²) in [5.41, 5.74) is 0. The standard InChI is InChI=1S/C6H11N2O4S/c1-7-3-4-8(5-7)6-12-13(9,10)11-2/h3-5H,6H2,1-2H3/q+1. The Kier molecular flexibility index (Phi) is 3.02. The number of aromatic nitrogens is 2. The van der Waals surface area contributed by atoms with Gasteiger partial charge in [-0.15, -0.1) is 0 Å². The van der Waals surface area contributed by atoms with Gasteiger partial charge in [-0.2, -0.15) is 8.42 Å². The van der Waals surface area contributed by atoms with Gasteiger partial charge in [0.05, 0.1) is 14.2 Å². The van der Waals surface area contributed by atoms with Crippen molar-refractivity contribution in [1.29, 1.82) is 0 Å². The summed E-state index contributed by atoms with van der Waals surface area (Å²) in [6.45, 7) is -0.0863. The van der Waals surface area contributed by atoms with Crippen molar-refractivity contribution in [1.82, 2.24) is 4.57 Å². The lowest BCUT2D eigenvalue weighted by Crippen LogP contribution is -2.24. The Labute approximate surface area is 76.6 Å². The minimum absolute atomic E-state index is 0.0863. The lowest BCUT2D eigenvalue weighted by molar-refractivity contribution is -0.671. The third kappa shape index (κ3) is 3.13. The van der Waals surface area contributed by atoms with Gasteiger partial charge in [-0.05, 0) is 0 Å². The van der Waals surface area contributed by atoms with E-state index in [0.29, 0.717) is 0 Å². The van der Waals surface area contributed by atoms with E-state index in [0.717, 1.165) is 7.11 Å². The first kappa shape index (κ1) is 10.2. The molecule has 1 aromatic rings. The van der Waals surface area contributed by atoms with Crippen LogP contribution in [0.2, 0.25) is 0 Å². The summed E-state index contributed by atoms with van der Waals surface area (Å²) in [6, 6.07) is 0. The zero-order valence-electron chi connectivity index (χ0n) is 7.37. The van der Waals surface area contributed by atoms with Crippen LogP contribution in [0.4, 0.5) is 0 Å². The van der Waals surface area contributed by atoms with Gasteiger partial charge in [-0.3, -0.25) is 4.18 Å². The van der Waals surface area contributed by atoms with Crippen LogP contribution in [0.1, 0.15) is 0 Å². The van der Waals surface area contributed by atoms with Gasteiger partial charge >= 0.3 is 10.4 Å². The van der Waals surface area contributed by atoms with Crippen molar-refractivity contribution in [2.24, 2.45) is 7.05 Å². The maximum absolute atomic E-state index is 10.7. The van der Waals surface area contributed by atoms with Crippen LogP contribution >= 0.6 is 0 Å². The Balaban J connectivity index is 2.53. The molecule has 1 rings (SSSR count). The third-order valence-corrected chi connectivity index (χ3v) is 2.18. The molecular weight excluding hydrogens is 196 g/mol. The van der Waals surface area contributed by atoms with Crippen LogP contribution in [-0.2, 0) is 32.5 Å². The van der Waals surface area contributed by atoms with Crippen LogP contribution in [-0.4, -0.2) is 20.1 Å². The Morgan fingerprint density at radius 3 is 2.69 bits per heavy atom. The molecule has 74 valence electrons. The molecule has 0 saturated carbocycles. The van der Waals surface area contributed by atoms with Crippen molar-refractivity contribution < 1.29 is 21.4 Å². The molecule has 6 nitrogen and oxygen atoms in total. The molecule has 13 heavy (non-hydrogen) atoms. The molecule has 1 aromatic heterocycles. The molecule has 0 spiro atoms. The third-order valence-electron chi connectivity index (χ3n) is 1.37. The molecular formula is C6H11N2O4S+. The van der Waals surface area contributed by atoms with Crippen LogP contribution in [0.15, 0.2) is 18.7 Å². The molecule has 0 unspecified atom stereocenters. The molecule has 0 aromatic carbocycles. The molecule has 0 radical (unpaired) electrons. The van der Waals surface area contributed by atoms with Gasteiger partial charge < -0.3 is 0 Å². The SMILES string of the molecule is COS(=O)(=O)OCn1cc[n+](C)c1. The van der Waals surface area contributed by atoms with Gasteiger partial charge in [0.2, 0.25) is 13.1 Å². The zero-order valence-corrected chi connectivity index (χ0v) is 8.19. The molecule has 0 aliphatic carbocycles. The number of nitrogens with zero attached hydrogens (tertiary/aromatic N) is 2. The zero-order chi connectivity index (χ0) is 9.90. The quantitative estimate of drug-likeness (QED) is 0.605. The van der Waals surface area contributed by atoms with E-state index in [1.54, 1.807) is 27.9 Å². The normalized spacial score (nSPS) is 11.8. The minimum atomic E-state index is -3.84. The van der Waals surface area contributed by atoms with E-state index >= 15 is 0 Å². The summed E-state index contributed by atoms with van der Waals surface area (Å²) >= 11 is 0. The molecule has 0 bridgehead atoms. The first-order valence-corrected chi connectivity index (χ1v) is 4.83. The highest BCUT2D eigenvalue weighted by Gasteiger charge is 2.10. The van der Waals surface area contributed by atoms with Gasteiger partial charge in [0.25, 0.3) is 0 Å². The topological polar surface area (TPSA) is 61.4 Å². The van der Waals surface area contributed by atoms with Gasteiger partial charge in [0.15, 0.2) is 0 Å². The Hall–Kier alpha value is -0.920. The van der Waals surface area contributed by atoms with Crippen LogP contribution in [0.5, 0.6) is 0 Å². The number of imidazole rings is 1. The van der Waals surface area contributed by atoms with Crippen LogP contribution in [0.3, 0.4) is 0 Å². The van der Waals surface area contributed by atoms with Crippen LogP contribution in [0, 0.1) is 0 Å². The summed E-state index contributed by atoms with van der Waals surface area (Å²) in [5.74, 6) is 0. The van der Waals surface area contributed by atoms with Crippen molar-refractivity contribution in [3.63, 3.8) is 0 Å². The van der Waals surface area contributed by atoms with Gasteiger partial charge in [0.1, 0.15) is 12.4 Å². The van der Waals surface area contributed by atoms with Crippen molar-refractivity contribution in [2.45, 2.75) is 6.73 Å². The fourth-order valence-corrected chi connectivity index (χ4v) is 1.10. The molecule has 0 fully saturated rings.